The SMILES string of the molecule is CCN(CC(C)C)c1nc(CNC(C)(C)C)cs1. The third-order valence-electron chi connectivity index (χ3n) is 2.58. The van der Waals surface area contributed by atoms with Crippen LogP contribution in [0.5, 0.6) is 0 Å². The summed E-state index contributed by atoms with van der Waals surface area (Å²) >= 11 is 1.75. The molecule has 0 aliphatic carbocycles. The molecule has 0 saturated carbocycles. The number of aromatic nitrogens is 1. The van der Waals surface area contributed by atoms with E-state index in [2.05, 4.69) is 57.1 Å². The fourth-order valence-electron chi connectivity index (χ4n) is 1.66. The van der Waals surface area contributed by atoms with Crippen LogP contribution in [0, 0.1) is 5.92 Å². The van der Waals surface area contributed by atoms with Gasteiger partial charge in [-0.25, -0.2) is 4.98 Å². The van der Waals surface area contributed by atoms with E-state index in [-0.39, 0.29) is 5.54 Å². The van der Waals surface area contributed by atoms with E-state index in [4.69, 9.17) is 4.98 Å². The van der Waals surface area contributed by atoms with Crippen molar-refractivity contribution < 1.29 is 0 Å². The fourth-order valence-corrected chi connectivity index (χ4v) is 2.56. The Morgan fingerprint density at radius 3 is 2.56 bits per heavy atom. The van der Waals surface area contributed by atoms with Crippen molar-refractivity contribution in [1.82, 2.24) is 10.3 Å². The van der Waals surface area contributed by atoms with E-state index in [0.717, 1.165) is 30.5 Å². The van der Waals surface area contributed by atoms with Crippen molar-refractivity contribution in [2.45, 2.75) is 53.6 Å². The summed E-state index contributed by atoms with van der Waals surface area (Å²) in [6, 6.07) is 0. The molecule has 0 atom stereocenters. The lowest BCUT2D eigenvalue weighted by molar-refractivity contribution is 0.422. The third kappa shape index (κ3) is 5.36. The quantitative estimate of drug-likeness (QED) is 0.856. The van der Waals surface area contributed by atoms with E-state index in [9.17, 15) is 0 Å². The van der Waals surface area contributed by atoms with Crippen molar-refractivity contribution in [3.05, 3.63) is 11.1 Å². The topological polar surface area (TPSA) is 28.2 Å². The molecule has 0 aliphatic rings. The van der Waals surface area contributed by atoms with Crippen LogP contribution < -0.4 is 10.2 Å². The molecule has 3 nitrogen and oxygen atoms in total. The van der Waals surface area contributed by atoms with Gasteiger partial charge >= 0.3 is 0 Å². The van der Waals surface area contributed by atoms with Crippen molar-refractivity contribution in [1.29, 1.82) is 0 Å². The zero-order valence-corrected chi connectivity index (χ0v) is 13.4. The maximum atomic E-state index is 4.72. The molecule has 18 heavy (non-hydrogen) atoms. The van der Waals surface area contributed by atoms with Gasteiger partial charge in [0, 0.05) is 30.6 Å². The predicted molar refractivity (Wildman–Crippen MR) is 81.4 cm³/mol. The van der Waals surface area contributed by atoms with Crippen LogP contribution in [0.3, 0.4) is 0 Å². The first-order chi connectivity index (χ1) is 8.31. The summed E-state index contributed by atoms with van der Waals surface area (Å²) in [4.78, 5) is 7.08. The summed E-state index contributed by atoms with van der Waals surface area (Å²) in [6.45, 7) is 16.2. The van der Waals surface area contributed by atoms with E-state index in [1.165, 1.54) is 0 Å². The number of hydrogen-bond donors (Lipinski definition) is 1. The largest absolute Gasteiger partial charge is 0.348 e. The van der Waals surface area contributed by atoms with E-state index in [1.807, 2.05) is 0 Å². The highest BCUT2D eigenvalue weighted by Gasteiger charge is 2.13. The van der Waals surface area contributed by atoms with Gasteiger partial charge in [-0.2, -0.15) is 0 Å². The van der Waals surface area contributed by atoms with Crippen LogP contribution in [0.2, 0.25) is 0 Å². The van der Waals surface area contributed by atoms with Crippen LogP contribution >= 0.6 is 11.3 Å². The van der Waals surface area contributed by atoms with Crippen molar-refractivity contribution in [3.63, 3.8) is 0 Å². The second kappa shape index (κ2) is 6.53. The average Bonchev–Trinajstić information content (AvgIpc) is 2.70. The molecular weight excluding hydrogens is 242 g/mol. The van der Waals surface area contributed by atoms with Crippen LogP contribution in [0.25, 0.3) is 0 Å². The van der Waals surface area contributed by atoms with Gasteiger partial charge in [0.15, 0.2) is 5.13 Å². The first kappa shape index (κ1) is 15.4. The Kier molecular flexibility index (Phi) is 5.60. The second-order valence-electron chi connectivity index (χ2n) is 6.16. The molecule has 0 radical (unpaired) electrons. The monoisotopic (exact) mass is 269 g/mol. The van der Waals surface area contributed by atoms with E-state index < -0.39 is 0 Å². The molecule has 0 saturated heterocycles. The lowest BCUT2D eigenvalue weighted by atomic mass is 10.1. The fraction of sp³-hybridized carbons (Fsp3) is 0.786. The number of anilines is 1. The molecule has 1 aromatic heterocycles. The summed E-state index contributed by atoms with van der Waals surface area (Å²) in [5.74, 6) is 0.671. The van der Waals surface area contributed by atoms with Crippen LogP contribution in [0.15, 0.2) is 5.38 Å². The van der Waals surface area contributed by atoms with Crippen molar-refractivity contribution >= 4 is 16.5 Å². The summed E-state index contributed by atoms with van der Waals surface area (Å²) < 4.78 is 0. The third-order valence-corrected chi connectivity index (χ3v) is 3.53. The maximum Gasteiger partial charge on any atom is 0.185 e. The number of rotatable bonds is 6. The van der Waals surface area contributed by atoms with Gasteiger partial charge < -0.3 is 10.2 Å². The van der Waals surface area contributed by atoms with Crippen LogP contribution in [0.4, 0.5) is 5.13 Å². The molecule has 4 heteroatoms. The average molecular weight is 269 g/mol. The molecule has 0 amide bonds. The maximum absolute atomic E-state index is 4.72. The molecule has 1 rings (SSSR count). The summed E-state index contributed by atoms with van der Waals surface area (Å²) in [5, 5.41) is 6.79. The Morgan fingerprint density at radius 2 is 2.06 bits per heavy atom. The van der Waals surface area contributed by atoms with Gasteiger partial charge in [0.2, 0.25) is 0 Å². The molecular formula is C14H27N3S. The summed E-state index contributed by atoms with van der Waals surface area (Å²) in [7, 11) is 0. The molecule has 1 heterocycles. The Labute approximate surface area is 116 Å². The molecule has 1 aromatic rings. The summed E-state index contributed by atoms with van der Waals surface area (Å²) in [6.07, 6.45) is 0. The number of hydrogen-bond acceptors (Lipinski definition) is 4. The van der Waals surface area contributed by atoms with E-state index in [1.54, 1.807) is 11.3 Å². The highest BCUT2D eigenvalue weighted by Crippen LogP contribution is 2.21. The van der Waals surface area contributed by atoms with Crippen molar-refractivity contribution in [2.24, 2.45) is 5.92 Å². The van der Waals surface area contributed by atoms with Crippen LogP contribution in [0.1, 0.15) is 47.2 Å². The predicted octanol–water partition coefficient (Wildman–Crippen LogP) is 3.51. The molecule has 0 fully saturated rings. The number of nitrogens with zero attached hydrogens (tertiary/aromatic N) is 2. The molecule has 0 aromatic carbocycles. The van der Waals surface area contributed by atoms with E-state index in [0.29, 0.717) is 5.92 Å². The molecule has 1 N–H and O–H groups in total. The van der Waals surface area contributed by atoms with Gasteiger partial charge in [0.05, 0.1) is 5.69 Å². The molecule has 104 valence electrons. The lowest BCUT2D eigenvalue weighted by Gasteiger charge is -2.22. The first-order valence-corrected chi connectivity index (χ1v) is 7.64. The molecule has 0 unspecified atom stereocenters. The summed E-state index contributed by atoms with van der Waals surface area (Å²) in [5.41, 5.74) is 1.29. The van der Waals surface area contributed by atoms with Crippen molar-refractivity contribution in [3.8, 4) is 0 Å². The first-order valence-electron chi connectivity index (χ1n) is 6.76. The van der Waals surface area contributed by atoms with Gasteiger partial charge in [0.25, 0.3) is 0 Å². The van der Waals surface area contributed by atoms with E-state index >= 15 is 0 Å². The molecule has 0 bridgehead atoms. The van der Waals surface area contributed by atoms with Gasteiger partial charge in [-0.05, 0) is 33.6 Å². The standard InChI is InChI=1S/C14H27N3S/c1-7-17(9-11(2)3)13-16-12(10-18-13)8-15-14(4,5)6/h10-11,15H,7-9H2,1-6H3. The number of thiazole rings is 1. The Balaban J connectivity index is 2.61. The van der Waals surface area contributed by atoms with Crippen LogP contribution in [-0.4, -0.2) is 23.6 Å². The zero-order chi connectivity index (χ0) is 13.8. The Hall–Kier alpha value is -0.610. The number of nitrogens with one attached hydrogen (secondary N) is 1. The smallest absolute Gasteiger partial charge is 0.185 e. The molecule has 0 aliphatic heterocycles. The van der Waals surface area contributed by atoms with Crippen LogP contribution in [-0.2, 0) is 6.54 Å². The normalized spacial score (nSPS) is 12.2. The highest BCUT2D eigenvalue weighted by atomic mass is 32.1. The van der Waals surface area contributed by atoms with Gasteiger partial charge in [0.1, 0.15) is 0 Å². The minimum atomic E-state index is 0.145. The minimum absolute atomic E-state index is 0.145. The minimum Gasteiger partial charge on any atom is -0.348 e. The van der Waals surface area contributed by atoms with Gasteiger partial charge in [-0.3, -0.25) is 0 Å². The Morgan fingerprint density at radius 1 is 1.39 bits per heavy atom. The second-order valence-corrected chi connectivity index (χ2v) is 6.99. The van der Waals surface area contributed by atoms with Gasteiger partial charge in [-0.1, -0.05) is 13.8 Å². The van der Waals surface area contributed by atoms with Gasteiger partial charge in [-0.15, -0.1) is 11.3 Å². The highest BCUT2D eigenvalue weighted by molar-refractivity contribution is 7.13. The lowest BCUT2D eigenvalue weighted by Crippen LogP contribution is -2.35. The zero-order valence-electron chi connectivity index (χ0n) is 12.6. The Bertz CT molecular complexity index is 352. The van der Waals surface area contributed by atoms with Crippen molar-refractivity contribution in [2.75, 3.05) is 18.0 Å². The molecule has 0 spiro atoms.